The zero-order valence-electron chi connectivity index (χ0n) is 37.5. The first-order valence-corrected chi connectivity index (χ1v) is 22.6. The molecule has 1 fully saturated rings. The van der Waals surface area contributed by atoms with Crippen LogP contribution < -0.4 is 4.74 Å². The number of fused-ring (bicyclic) bond motifs is 15. The van der Waals surface area contributed by atoms with Gasteiger partial charge < -0.3 is 4.74 Å². The molecule has 13 rings (SSSR count). The van der Waals surface area contributed by atoms with Gasteiger partial charge in [-0.25, -0.2) is 15.0 Å². The minimum Gasteiger partial charge on any atom is -0.456 e. The van der Waals surface area contributed by atoms with Crippen LogP contribution in [0.25, 0.3) is 89.3 Å². The highest BCUT2D eigenvalue weighted by Gasteiger charge is 2.46. The second kappa shape index (κ2) is 13.6. The fraction of sp³-hybridized carbons (Fsp3) is 0.190. The van der Waals surface area contributed by atoms with E-state index in [-0.39, 0.29) is 5.41 Å². The number of ether oxygens (including phenoxy) is 1. The van der Waals surface area contributed by atoms with Crippen LogP contribution in [0, 0.1) is 0 Å². The number of para-hydroxylation sites is 5. The van der Waals surface area contributed by atoms with Crippen molar-refractivity contribution in [3.8, 4) is 73.0 Å². The summed E-state index contributed by atoms with van der Waals surface area (Å²) in [5.74, 6) is 1.72. The lowest BCUT2D eigenvalue weighted by atomic mass is 9.61. The Morgan fingerprint density at radius 2 is 1.20 bits per heavy atom. The smallest absolute Gasteiger partial charge is 0.220 e. The number of benzene rings is 7. The summed E-state index contributed by atoms with van der Waals surface area (Å²) < 4.78 is 22.6. The highest BCUT2D eigenvalue weighted by atomic mass is 16.5. The summed E-state index contributed by atoms with van der Waals surface area (Å²) >= 11 is 0. The van der Waals surface area contributed by atoms with Gasteiger partial charge in [0.2, 0.25) is 5.78 Å². The van der Waals surface area contributed by atoms with Crippen molar-refractivity contribution in [3.05, 3.63) is 175 Å². The third-order valence-electron chi connectivity index (χ3n) is 15.2. The summed E-state index contributed by atoms with van der Waals surface area (Å²) in [5, 5.41) is 0. The van der Waals surface area contributed by atoms with Crippen molar-refractivity contribution in [2.75, 3.05) is 0 Å². The SMILES string of the molecule is [2H]C1(c2cc3c(cc2-c2cc(-n4c5ccccc5n5c6ccccc6nc45)cc4c2Oc2ccccc2C(C)(C)C4(C)C)-c2ccccc2-c2ncncc2-c2ccccc2-3)CCCC1. The molecule has 3 aromatic heterocycles. The number of rotatable bonds is 3. The molecule has 64 heavy (non-hydrogen) atoms. The Balaban J connectivity index is 1.20. The predicted molar refractivity (Wildman–Crippen MR) is 260 cm³/mol. The van der Waals surface area contributed by atoms with Gasteiger partial charge in [-0.3, -0.25) is 8.97 Å². The van der Waals surface area contributed by atoms with Gasteiger partial charge in [0.15, 0.2) is 0 Å². The quantitative estimate of drug-likeness (QED) is 0.178. The molecule has 1 aliphatic heterocycles. The molecule has 0 atom stereocenters. The van der Waals surface area contributed by atoms with E-state index in [4.69, 9.17) is 14.7 Å². The molecule has 310 valence electrons. The lowest BCUT2D eigenvalue weighted by molar-refractivity contribution is 0.306. The first kappa shape index (κ1) is 36.2. The maximum atomic E-state index is 10.5. The van der Waals surface area contributed by atoms with E-state index < -0.39 is 11.3 Å². The molecule has 6 nitrogen and oxygen atoms in total. The van der Waals surface area contributed by atoms with E-state index in [1.165, 1.54) is 5.56 Å². The molecule has 7 aromatic carbocycles. The second-order valence-electron chi connectivity index (χ2n) is 18.9. The molecule has 6 heteroatoms. The van der Waals surface area contributed by atoms with Crippen molar-refractivity contribution in [1.29, 1.82) is 0 Å². The van der Waals surface area contributed by atoms with Crippen molar-refractivity contribution < 1.29 is 6.11 Å². The summed E-state index contributed by atoms with van der Waals surface area (Å²) in [6, 6.07) is 52.3. The molecule has 0 N–H and O–H groups in total. The zero-order valence-corrected chi connectivity index (χ0v) is 36.5. The normalized spacial score (nSPS) is 16.6. The van der Waals surface area contributed by atoms with Crippen LogP contribution >= 0.6 is 0 Å². The molecule has 0 amide bonds. The molecule has 0 radical (unpaired) electrons. The van der Waals surface area contributed by atoms with Gasteiger partial charge in [-0.15, -0.1) is 0 Å². The monoisotopic (exact) mass is 830 g/mol. The molecule has 0 bridgehead atoms. The van der Waals surface area contributed by atoms with Crippen LogP contribution in [0.4, 0.5) is 0 Å². The Kier molecular flexibility index (Phi) is 7.69. The van der Waals surface area contributed by atoms with Crippen molar-refractivity contribution in [2.24, 2.45) is 0 Å². The molecule has 3 aliphatic rings. The van der Waals surface area contributed by atoms with Crippen LogP contribution in [0.15, 0.2) is 158 Å². The van der Waals surface area contributed by atoms with Crippen LogP contribution in [0.2, 0.25) is 0 Å². The minimum atomic E-state index is -0.823. The second-order valence-corrected chi connectivity index (χ2v) is 18.9. The first-order valence-electron chi connectivity index (χ1n) is 23.1. The van der Waals surface area contributed by atoms with Crippen molar-refractivity contribution >= 4 is 27.8 Å². The van der Waals surface area contributed by atoms with E-state index in [9.17, 15) is 1.37 Å². The molecule has 0 saturated heterocycles. The minimum absolute atomic E-state index is 0.338. The average Bonchev–Trinajstić information content (AvgIpc) is 4.03. The maximum Gasteiger partial charge on any atom is 0.220 e. The number of aromatic nitrogens is 5. The summed E-state index contributed by atoms with van der Waals surface area (Å²) in [6.45, 7) is 9.44. The summed E-state index contributed by atoms with van der Waals surface area (Å²) in [5.41, 5.74) is 18.1. The van der Waals surface area contributed by atoms with E-state index in [0.717, 1.165) is 138 Å². The molecule has 10 aromatic rings. The fourth-order valence-electron chi connectivity index (χ4n) is 11.2. The van der Waals surface area contributed by atoms with E-state index >= 15 is 0 Å². The standard InChI is InChI=1S/C58H47N5O/c1-57(2)47-23-11-16-28-53(47)64-55-45(29-36(30-48(55)58(57,3)4)62-51-26-14-15-27-52(51)63-50-25-13-12-24-49(50)61-56(62)63)44-32-43-39-21-9-10-22-40(39)54-46(33-59-34-60-54)38-20-8-7-19-37(38)42(43)31-41(44)35-17-5-6-18-35/h7-16,19-35H,5-6,17-18H2,1-4H3/i35D. The fourth-order valence-corrected chi connectivity index (χ4v) is 11.2. The molecular formula is C58H47N5O. The van der Waals surface area contributed by atoms with Gasteiger partial charge in [0.05, 0.1) is 33.4 Å². The van der Waals surface area contributed by atoms with Crippen LogP contribution in [-0.4, -0.2) is 23.9 Å². The van der Waals surface area contributed by atoms with Crippen molar-refractivity contribution in [1.82, 2.24) is 23.9 Å². The Morgan fingerprint density at radius 1 is 0.578 bits per heavy atom. The van der Waals surface area contributed by atoms with Gasteiger partial charge in [-0.1, -0.05) is 132 Å². The third kappa shape index (κ3) is 5.17. The highest BCUT2D eigenvalue weighted by molar-refractivity contribution is 6.04. The number of nitrogens with zero attached hydrogens (tertiary/aromatic N) is 5. The van der Waals surface area contributed by atoms with Gasteiger partial charge in [-0.05, 0) is 112 Å². The lowest BCUT2D eigenvalue weighted by Gasteiger charge is -2.41. The molecule has 2 aliphatic carbocycles. The van der Waals surface area contributed by atoms with Gasteiger partial charge in [0.1, 0.15) is 17.8 Å². The molecular weight excluding hydrogens is 783 g/mol. The Morgan fingerprint density at radius 3 is 2.00 bits per heavy atom. The van der Waals surface area contributed by atoms with E-state index in [2.05, 4.69) is 187 Å². The van der Waals surface area contributed by atoms with Crippen LogP contribution in [0.5, 0.6) is 11.5 Å². The number of hydrogen-bond donors (Lipinski definition) is 0. The molecule has 4 heterocycles. The Labute approximate surface area is 374 Å². The number of hydrogen-bond acceptors (Lipinski definition) is 4. The van der Waals surface area contributed by atoms with Crippen LogP contribution in [-0.2, 0) is 10.8 Å². The average molecular weight is 831 g/mol. The molecule has 0 unspecified atom stereocenters. The van der Waals surface area contributed by atoms with Crippen LogP contribution in [0.1, 0.15) is 77.3 Å². The summed E-state index contributed by atoms with van der Waals surface area (Å²) in [4.78, 5) is 14.9. The first-order chi connectivity index (χ1) is 31.6. The topological polar surface area (TPSA) is 57.2 Å². The van der Waals surface area contributed by atoms with Crippen molar-refractivity contribution in [2.45, 2.75) is 70.1 Å². The Hall–Kier alpha value is -7.31. The van der Waals surface area contributed by atoms with Gasteiger partial charge >= 0.3 is 0 Å². The predicted octanol–water partition coefficient (Wildman–Crippen LogP) is 14.9. The van der Waals surface area contributed by atoms with E-state index in [1.54, 1.807) is 6.33 Å². The molecule has 0 spiro atoms. The highest BCUT2D eigenvalue weighted by Crippen LogP contribution is 2.58. The van der Waals surface area contributed by atoms with E-state index in [0.29, 0.717) is 0 Å². The third-order valence-corrected chi connectivity index (χ3v) is 15.2. The zero-order chi connectivity index (χ0) is 43.8. The Bertz CT molecular complexity index is 3620. The maximum absolute atomic E-state index is 10.5. The summed E-state index contributed by atoms with van der Waals surface area (Å²) in [6.07, 6.45) is 7.18. The van der Waals surface area contributed by atoms with Crippen LogP contribution in [0.3, 0.4) is 0 Å². The largest absolute Gasteiger partial charge is 0.456 e. The summed E-state index contributed by atoms with van der Waals surface area (Å²) in [7, 11) is 0. The lowest BCUT2D eigenvalue weighted by Crippen LogP contribution is -2.39. The van der Waals surface area contributed by atoms with Gasteiger partial charge in [0.25, 0.3) is 0 Å². The van der Waals surface area contributed by atoms with Gasteiger partial charge in [0, 0.05) is 46.2 Å². The van der Waals surface area contributed by atoms with E-state index in [1.807, 2.05) is 6.20 Å². The number of imidazole rings is 2. The van der Waals surface area contributed by atoms with Gasteiger partial charge in [-0.2, -0.15) is 0 Å². The van der Waals surface area contributed by atoms with Crippen molar-refractivity contribution in [3.63, 3.8) is 0 Å². The molecule has 1 saturated carbocycles.